The summed E-state index contributed by atoms with van der Waals surface area (Å²) in [6, 6.07) is 19.3. The van der Waals surface area contributed by atoms with E-state index in [9.17, 15) is 0 Å². The first-order valence-corrected chi connectivity index (χ1v) is 10.5. The topological polar surface area (TPSA) is 68.5 Å². The lowest BCUT2D eigenvalue weighted by Crippen LogP contribution is -2.54. The van der Waals surface area contributed by atoms with E-state index in [1.54, 1.807) is 0 Å². The first-order chi connectivity index (χ1) is 14.3. The maximum atomic E-state index is 4.79. The lowest BCUT2D eigenvalue weighted by Gasteiger charge is -2.44. The highest BCUT2D eigenvalue weighted by atomic mass is 15.1. The molecule has 2 aliphatic rings. The molecule has 5 heteroatoms. The molecule has 4 aromatic rings. The zero-order chi connectivity index (χ0) is 19.3. The van der Waals surface area contributed by atoms with E-state index in [1.807, 2.05) is 12.3 Å². The van der Waals surface area contributed by atoms with Crippen molar-refractivity contribution in [3.05, 3.63) is 77.9 Å². The molecular formula is C24H25N5. The van der Waals surface area contributed by atoms with Gasteiger partial charge in [0.2, 0.25) is 0 Å². The Hall–Kier alpha value is -2.89. The molecule has 1 atom stereocenters. The fourth-order valence-electron chi connectivity index (χ4n) is 5.17. The lowest BCUT2D eigenvalue weighted by atomic mass is 9.77. The molecule has 5 nitrogen and oxygen atoms in total. The van der Waals surface area contributed by atoms with Crippen molar-refractivity contribution in [2.24, 2.45) is 0 Å². The summed E-state index contributed by atoms with van der Waals surface area (Å²) in [6.07, 6.45) is 5.06. The van der Waals surface area contributed by atoms with Crippen molar-refractivity contribution < 1.29 is 0 Å². The SMILES string of the molecule is c1ccc(-c2cnc([C@H]3Cc4c([nH]c5ccccc45)C4(CCNCC4)N3)[nH]2)cc1. The van der Waals surface area contributed by atoms with Crippen LogP contribution in [-0.4, -0.2) is 28.0 Å². The predicted octanol–water partition coefficient (Wildman–Crippen LogP) is 4.02. The van der Waals surface area contributed by atoms with Gasteiger partial charge in [-0.2, -0.15) is 0 Å². The summed E-state index contributed by atoms with van der Waals surface area (Å²) in [7, 11) is 0. The number of fused-ring (bicyclic) bond motifs is 4. The second-order valence-corrected chi connectivity index (χ2v) is 8.31. The Morgan fingerprint density at radius 3 is 2.55 bits per heavy atom. The van der Waals surface area contributed by atoms with E-state index in [1.165, 1.54) is 27.7 Å². The van der Waals surface area contributed by atoms with E-state index >= 15 is 0 Å². The van der Waals surface area contributed by atoms with Crippen molar-refractivity contribution in [3.8, 4) is 11.3 Å². The largest absolute Gasteiger partial charge is 0.357 e. The molecule has 0 aliphatic carbocycles. The number of hydrogen-bond acceptors (Lipinski definition) is 3. The number of aromatic nitrogens is 3. The smallest absolute Gasteiger partial charge is 0.124 e. The van der Waals surface area contributed by atoms with E-state index in [0.29, 0.717) is 0 Å². The van der Waals surface area contributed by atoms with Gasteiger partial charge in [-0.05, 0) is 49.5 Å². The number of nitrogens with one attached hydrogen (secondary N) is 4. The first-order valence-electron chi connectivity index (χ1n) is 10.5. The van der Waals surface area contributed by atoms with Crippen molar-refractivity contribution in [1.29, 1.82) is 0 Å². The first kappa shape index (κ1) is 17.0. The van der Waals surface area contributed by atoms with Gasteiger partial charge in [-0.15, -0.1) is 0 Å². The standard InChI is InChI=1S/C24H25N5/c1-2-6-16(7-3-1)21-15-26-23(28-21)20-14-18-17-8-4-5-9-19(17)27-22(18)24(29-20)10-12-25-13-11-24/h1-9,15,20,25,27,29H,10-14H2,(H,26,28)/t20-/m1/s1. The minimum atomic E-state index is -0.0256. The minimum Gasteiger partial charge on any atom is -0.357 e. The number of hydrogen-bond donors (Lipinski definition) is 4. The van der Waals surface area contributed by atoms with Gasteiger partial charge < -0.3 is 15.3 Å². The molecule has 0 saturated carbocycles. The molecule has 0 radical (unpaired) electrons. The highest BCUT2D eigenvalue weighted by Gasteiger charge is 2.43. The summed E-state index contributed by atoms with van der Waals surface area (Å²) < 4.78 is 0. The number of H-pyrrole nitrogens is 2. The summed E-state index contributed by atoms with van der Waals surface area (Å²) >= 11 is 0. The maximum absolute atomic E-state index is 4.79. The third-order valence-electron chi connectivity index (χ3n) is 6.62. The van der Waals surface area contributed by atoms with Crippen LogP contribution >= 0.6 is 0 Å². The minimum absolute atomic E-state index is 0.0256. The molecule has 4 N–H and O–H groups in total. The molecule has 6 rings (SSSR count). The Balaban J connectivity index is 1.44. The number of benzene rings is 2. The van der Waals surface area contributed by atoms with Crippen LogP contribution in [0.25, 0.3) is 22.2 Å². The van der Waals surface area contributed by atoms with Crippen molar-refractivity contribution in [2.45, 2.75) is 30.8 Å². The average Bonchev–Trinajstić information content (AvgIpc) is 3.41. The number of nitrogens with zero attached hydrogens (tertiary/aromatic N) is 1. The molecule has 0 bridgehead atoms. The Labute approximate surface area is 170 Å². The van der Waals surface area contributed by atoms with Crippen LogP contribution < -0.4 is 10.6 Å². The third kappa shape index (κ3) is 2.73. The van der Waals surface area contributed by atoms with Gasteiger partial charge in [-0.3, -0.25) is 5.32 Å². The van der Waals surface area contributed by atoms with Crippen LogP contribution in [0.15, 0.2) is 60.8 Å². The number of piperidine rings is 1. The van der Waals surface area contributed by atoms with E-state index in [4.69, 9.17) is 4.98 Å². The van der Waals surface area contributed by atoms with Gasteiger partial charge in [0.15, 0.2) is 0 Å². The molecule has 2 aliphatic heterocycles. The van der Waals surface area contributed by atoms with Crippen LogP contribution in [0.2, 0.25) is 0 Å². The predicted molar refractivity (Wildman–Crippen MR) is 116 cm³/mol. The molecular weight excluding hydrogens is 358 g/mol. The molecule has 146 valence electrons. The van der Waals surface area contributed by atoms with Gasteiger partial charge in [0, 0.05) is 16.6 Å². The molecule has 2 aromatic carbocycles. The van der Waals surface area contributed by atoms with E-state index in [-0.39, 0.29) is 11.6 Å². The normalized spacial score (nSPS) is 20.8. The van der Waals surface area contributed by atoms with Crippen LogP contribution in [0.4, 0.5) is 0 Å². The van der Waals surface area contributed by atoms with Crippen LogP contribution in [0, 0.1) is 0 Å². The van der Waals surface area contributed by atoms with Crippen LogP contribution in [0.5, 0.6) is 0 Å². The monoisotopic (exact) mass is 383 g/mol. The van der Waals surface area contributed by atoms with E-state index < -0.39 is 0 Å². The Bertz CT molecular complexity index is 1150. The molecule has 1 spiro atoms. The molecule has 1 saturated heterocycles. The molecule has 0 unspecified atom stereocenters. The quantitative estimate of drug-likeness (QED) is 0.423. The van der Waals surface area contributed by atoms with Crippen molar-refractivity contribution >= 4 is 10.9 Å². The number of para-hydroxylation sites is 1. The zero-order valence-corrected chi connectivity index (χ0v) is 16.3. The third-order valence-corrected chi connectivity index (χ3v) is 6.62. The Morgan fingerprint density at radius 2 is 1.69 bits per heavy atom. The summed E-state index contributed by atoms with van der Waals surface area (Å²) in [6.45, 7) is 2.06. The van der Waals surface area contributed by atoms with Gasteiger partial charge in [0.25, 0.3) is 0 Å². The molecule has 1 fully saturated rings. The second kappa shape index (κ2) is 6.58. The van der Waals surface area contributed by atoms with Crippen molar-refractivity contribution in [2.75, 3.05) is 13.1 Å². The van der Waals surface area contributed by atoms with Crippen molar-refractivity contribution in [3.63, 3.8) is 0 Å². The van der Waals surface area contributed by atoms with Crippen LogP contribution in [0.1, 0.15) is 36.0 Å². The van der Waals surface area contributed by atoms with Gasteiger partial charge in [0.1, 0.15) is 5.82 Å². The molecule has 29 heavy (non-hydrogen) atoms. The van der Waals surface area contributed by atoms with E-state index in [0.717, 1.165) is 43.9 Å². The van der Waals surface area contributed by atoms with Crippen LogP contribution in [0.3, 0.4) is 0 Å². The molecule has 2 aromatic heterocycles. The summed E-state index contributed by atoms with van der Waals surface area (Å²) in [5, 5.41) is 8.87. The van der Waals surface area contributed by atoms with Gasteiger partial charge >= 0.3 is 0 Å². The molecule has 4 heterocycles. The summed E-state index contributed by atoms with van der Waals surface area (Å²) in [4.78, 5) is 12.1. The molecule has 0 amide bonds. The van der Waals surface area contributed by atoms with Crippen LogP contribution in [-0.2, 0) is 12.0 Å². The average molecular weight is 383 g/mol. The zero-order valence-electron chi connectivity index (χ0n) is 16.3. The maximum Gasteiger partial charge on any atom is 0.124 e. The second-order valence-electron chi connectivity index (χ2n) is 8.31. The summed E-state index contributed by atoms with van der Waals surface area (Å²) in [5.41, 5.74) is 6.29. The highest BCUT2D eigenvalue weighted by Crippen LogP contribution is 2.43. The highest BCUT2D eigenvalue weighted by molar-refractivity contribution is 5.85. The number of rotatable bonds is 2. The number of imidazole rings is 1. The Kier molecular flexibility index (Phi) is 3.86. The number of aromatic amines is 2. The van der Waals surface area contributed by atoms with Gasteiger partial charge in [-0.25, -0.2) is 4.98 Å². The fraction of sp³-hybridized carbons (Fsp3) is 0.292. The lowest BCUT2D eigenvalue weighted by molar-refractivity contribution is 0.194. The van der Waals surface area contributed by atoms with Gasteiger partial charge in [0.05, 0.1) is 23.5 Å². The van der Waals surface area contributed by atoms with E-state index in [2.05, 4.69) is 69.1 Å². The Morgan fingerprint density at radius 1 is 0.897 bits per heavy atom. The summed E-state index contributed by atoms with van der Waals surface area (Å²) in [5.74, 6) is 1.03. The van der Waals surface area contributed by atoms with Gasteiger partial charge in [-0.1, -0.05) is 48.5 Å². The fourth-order valence-corrected chi connectivity index (χ4v) is 5.17. The van der Waals surface area contributed by atoms with Crippen molar-refractivity contribution in [1.82, 2.24) is 25.6 Å².